The molecule has 0 saturated heterocycles. The molecule has 2 aliphatic heterocycles. The quantitative estimate of drug-likeness (QED) is 0.672. The number of anilines is 1. The van der Waals surface area contributed by atoms with Crippen LogP contribution in [-0.4, -0.2) is 16.5 Å². The molecule has 3 nitrogen and oxygen atoms in total. The Morgan fingerprint density at radius 3 is 2.94 bits per heavy atom. The van der Waals surface area contributed by atoms with Gasteiger partial charge in [0.15, 0.2) is 0 Å². The van der Waals surface area contributed by atoms with Gasteiger partial charge in [0, 0.05) is 18.4 Å². The Bertz CT molecular complexity index is 614. The summed E-state index contributed by atoms with van der Waals surface area (Å²) in [6.45, 7) is 0.906. The maximum absolute atomic E-state index is 12.4. The lowest BCUT2D eigenvalue weighted by atomic mass is 10.1. The Morgan fingerprint density at radius 1 is 1.12 bits per heavy atom. The molecule has 2 aromatic rings. The molecule has 0 aliphatic carbocycles. The van der Waals surface area contributed by atoms with Gasteiger partial charge in [-0.2, -0.15) is 0 Å². The topological polar surface area (TPSA) is 25.2 Å². The lowest BCUT2D eigenvalue weighted by Crippen LogP contribution is -2.45. The lowest BCUT2D eigenvalue weighted by molar-refractivity contribution is 0.0952. The standard InChI is InChI=1S/C14H12N2O/c17-14-13-6-3-7-15(13)9-11-8-10-4-1-2-5-12(10)16(11)14/h1-7,11H,8-9H2. The molecular formula is C14H12N2O. The zero-order valence-electron chi connectivity index (χ0n) is 9.34. The van der Waals surface area contributed by atoms with E-state index in [9.17, 15) is 4.79 Å². The summed E-state index contributed by atoms with van der Waals surface area (Å²) in [7, 11) is 0. The number of nitrogens with zero attached hydrogens (tertiary/aromatic N) is 2. The van der Waals surface area contributed by atoms with Crippen molar-refractivity contribution in [1.29, 1.82) is 0 Å². The number of carbonyl (C=O) groups excluding carboxylic acids is 1. The Morgan fingerprint density at radius 2 is 2.00 bits per heavy atom. The van der Waals surface area contributed by atoms with Crippen LogP contribution in [0.5, 0.6) is 0 Å². The third-order valence-corrected chi connectivity index (χ3v) is 3.75. The van der Waals surface area contributed by atoms with E-state index < -0.39 is 0 Å². The second kappa shape index (κ2) is 3.00. The number of amides is 1. The molecule has 1 amide bonds. The van der Waals surface area contributed by atoms with Gasteiger partial charge in [0.1, 0.15) is 5.69 Å². The number of hydrogen-bond acceptors (Lipinski definition) is 1. The SMILES string of the molecule is O=C1c2cccn2CC2Cc3ccccc3N12. The molecule has 17 heavy (non-hydrogen) atoms. The van der Waals surface area contributed by atoms with Crippen molar-refractivity contribution in [3.05, 3.63) is 53.9 Å². The summed E-state index contributed by atoms with van der Waals surface area (Å²) in [6, 6.07) is 12.4. The third kappa shape index (κ3) is 1.08. The number of rotatable bonds is 0. The number of benzene rings is 1. The summed E-state index contributed by atoms with van der Waals surface area (Å²) in [6.07, 6.45) is 2.97. The fourth-order valence-electron chi connectivity index (χ4n) is 3.00. The van der Waals surface area contributed by atoms with E-state index in [1.807, 2.05) is 41.4 Å². The predicted octanol–water partition coefficient (Wildman–Crippen LogP) is 2.07. The number of aromatic nitrogens is 1. The van der Waals surface area contributed by atoms with E-state index in [1.165, 1.54) is 5.56 Å². The molecule has 0 saturated carbocycles. The number of carbonyl (C=O) groups is 1. The predicted molar refractivity (Wildman–Crippen MR) is 65.2 cm³/mol. The molecular weight excluding hydrogens is 212 g/mol. The van der Waals surface area contributed by atoms with Crippen LogP contribution in [0, 0.1) is 0 Å². The molecule has 0 spiro atoms. The second-order valence-corrected chi connectivity index (χ2v) is 4.71. The van der Waals surface area contributed by atoms with Crippen LogP contribution in [0.25, 0.3) is 0 Å². The van der Waals surface area contributed by atoms with Crippen molar-refractivity contribution < 1.29 is 4.79 Å². The van der Waals surface area contributed by atoms with Gasteiger partial charge < -0.3 is 9.47 Å². The number of hydrogen-bond donors (Lipinski definition) is 0. The number of fused-ring (bicyclic) bond motifs is 4. The van der Waals surface area contributed by atoms with Crippen LogP contribution >= 0.6 is 0 Å². The van der Waals surface area contributed by atoms with Crippen molar-refractivity contribution in [2.45, 2.75) is 19.0 Å². The smallest absolute Gasteiger partial charge is 0.275 e. The van der Waals surface area contributed by atoms with Gasteiger partial charge in [-0.1, -0.05) is 18.2 Å². The highest BCUT2D eigenvalue weighted by atomic mass is 16.2. The maximum Gasteiger partial charge on any atom is 0.275 e. The fraction of sp³-hybridized carbons (Fsp3) is 0.214. The molecule has 1 aromatic heterocycles. The Kier molecular flexibility index (Phi) is 1.60. The molecule has 1 unspecified atom stereocenters. The zero-order chi connectivity index (χ0) is 11.4. The van der Waals surface area contributed by atoms with Gasteiger partial charge in [0.05, 0.1) is 6.04 Å². The molecule has 3 heteroatoms. The van der Waals surface area contributed by atoms with Gasteiger partial charge in [0.25, 0.3) is 5.91 Å². The van der Waals surface area contributed by atoms with Crippen molar-refractivity contribution in [3.63, 3.8) is 0 Å². The molecule has 1 atom stereocenters. The van der Waals surface area contributed by atoms with Crippen molar-refractivity contribution in [3.8, 4) is 0 Å². The summed E-state index contributed by atoms with van der Waals surface area (Å²) in [5.74, 6) is 0.135. The normalized spacial score (nSPS) is 21.1. The Balaban J connectivity index is 1.88. The highest BCUT2D eigenvalue weighted by molar-refractivity contribution is 6.07. The molecule has 3 heterocycles. The van der Waals surface area contributed by atoms with Crippen LogP contribution in [-0.2, 0) is 13.0 Å². The van der Waals surface area contributed by atoms with Crippen LogP contribution in [0.3, 0.4) is 0 Å². The molecule has 1 aromatic carbocycles. The van der Waals surface area contributed by atoms with Gasteiger partial charge in [-0.15, -0.1) is 0 Å². The average Bonchev–Trinajstić information content (AvgIpc) is 2.92. The highest BCUT2D eigenvalue weighted by Gasteiger charge is 2.38. The van der Waals surface area contributed by atoms with Crippen LogP contribution in [0.15, 0.2) is 42.6 Å². The average molecular weight is 224 g/mol. The van der Waals surface area contributed by atoms with Crippen molar-refractivity contribution in [1.82, 2.24) is 4.57 Å². The van der Waals surface area contributed by atoms with Gasteiger partial charge >= 0.3 is 0 Å². The van der Waals surface area contributed by atoms with Gasteiger partial charge in [0.2, 0.25) is 0 Å². The monoisotopic (exact) mass is 224 g/mol. The first kappa shape index (κ1) is 9.05. The van der Waals surface area contributed by atoms with Gasteiger partial charge in [-0.05, 0) is 30.2 Å². The maximum atomic E-state index is 12.4. The Labute approximate surface area is 99.3 Å². The summed E-state index contributed by atoms with van der Waals surface area (Å²) >= 11 is 0. The van der Waals surface area contributed by atoms with Gasteiger partial charge in [-0.25, -0.2) is 0 Å². The van der Waals surface area contributed by atoms with E-state index in [2.05, 4.69) is 10.6 Å². The molecule has 0 N–H and O–H groups in total. The van der Waals surface area contributed by atoms with Crippen molar-refractivity contribution in [2.24, 2.45) is 0 Å². The summed E-state index contributed by atoms with van der Waals surface area (Å²) < 4.78 is 2.06. The molecule has 84 valence electrons. The first-order valence-electron chi connectivity index (χ1n) is 5.91. The zero-order valence-corrected chi connectivity index (χ0v) is 9.34. The van der Waals surface area contributed by atoms with E-state index in [0.717, 1.165) is 24.3 Å². The van der Waals surface area contributed by atoms with Crippen LogP contribution in [0.2, 0.25) is 0 Å². The Hall–Kier alpha value is -2.03. The fourth-order valence-corrected chi connectivity index (χ4v) is 3.00. The summed E-state index contributed by atoms with van der Waals surface area (Å²) in [5, 5.41) is 0. The first-order chi connectivity index (χ1) is 8.34. The lowest BCUT2D eigenvalue weighted by Gasteiger charge is -2.31. The van der Waals surface area contributed by atoms with Crippen LogP contribution < -0.4 is 4.90 Å². The van der Waals surface area contributed by atoms with Crippen molar-refractivity contribution >= 4 is 11.6 Å². The molecule has 2 aliphatic rings. The minimum atomic E-state index is 0.135. The molecule has 0 radical (unpaired) electrons. The number of para-hydroxylation sites is 1. The van der Waals surface area contributed by atoms with Crippen LogP contribution in [0.1, 0.15) is 16.1 Å². The molecule has 4 rings (SSSR count). The largest absolute Gasteiger partial charge is 0.341 e. The third-order valence-electron chi connectivity index (χ3n) is 3.75. The van der Waals surface area contributed by atoms with E-state index in [0.29, 0.717) is 6.04 Å². The second-order valence-electron chi connectivity index (χ2n) is 4.71. The summed E-state index contributed by atoms with van der Waals surface area (Å²) in [5.41, 5.74) is 3.18. The molecule has 0 bridgehead atoms. The minimum absolute atomic E-state index is 0.135. The summed E-state index contributed by atoms with van der Waals surface area (Å²) in [4.78, 5) is 14.4. The highest BCUT2D eigenvalue weighted by Crippen LogP contribution is 2.36. The van der Waals surface area contributed by atoms with E-state index in [4.69, 9.17) is 0 Å². The van der Waals surface area contributed by atoms with E-state index in [1.54, 1.807) is 0 Å². The molecule has 0 fully saturated rings. The minimum Gasteiger partial charge on any atom is -0.341 e. The van der Waals surface area contributed by atoms with Gasteiger partial charge in [-0.3, -0.25) is 4.79 Å². The van der Waals surface area contributed by atoms with E-state index in [-0.39, 0.29) is 5.91 Å². The first-order valence-corrected chi connectivity index (χ1v) is 5.91. The van der Waals surface area contributed by atoms with E-state index >= 15 is 0 Å². The van der Waals surface area contributed by atoms with Crippen LogP contribution in [0.4, 0.5) is 5.69 Å². The van der Waals surface area contributed by atoms with Crippen molar-refractivity contribution in [2.75, 3.05) is 4.90 Å².